The molecule has 1 amide bonds. The summed E-state index contributed by atoms with van der Waals surface area (Å²) in [5.74, 6) is -0.0871. The second-order valence-electron chi connectivity index (χ2n) is 6.68. The van der Waals surface area contributed by atoms with Crippen molar-refractivity contribution in [2.45, 2.75) is 31.1 Å². The van der Waals surface area contributed by atoms with Gasteiger partial charge in [-0.3, -0.25) is 14.9 Å². The molecule has 0 atom stereocenters. The molecule has 0 radical (unpaired) electrons. The fourth-order valence-corrected chi connectivity index (χ4v) is 4.71. The summed E-state index contributed by atoms with van der Waals surface area (Å²) in [5.41, 5.74) is 1.01. The number of hydrogen-bond acceptors (Lipinski definition) is 5. The van der Waals surface area contributed by atoms with E-state index in [0.717, 1.165) is 31.2 Å². The zero-order valence-electron chi connectivity index (χ0n) is 14.3. The van der Waals surface area contributed by atoms with E-state index in [9.17, 15) is 14.9 Å². The molecule has 27 heavy (non-hydrogen) atoms. The number of halogens is 1. The summed E-state index contributed by atoms with van der Waals surface area (Å²) >= 11 is 7.24. The van der Waals surface area contributed by atoms with Crippen molar-refractivity contribution >= 4 is 49.9 Å². The number of nitrogens with one attached hydrogen (secondary N) is 1. The van der Waals surface area contributed by atoms with Crippen LogP contribution in [0.2, 0.25) is 5.02 Å². The number of amides is 1. The van der Waals surface area contributed by atoms with Crippen LogP contribution in [0.4, 0.5) is 10.8 Å². The fourth-order valence-electron chi connectivity index (χ4n) is 3.69. The lowest BCUT2D eigenvalue weighted by Crippen LogP contribution is -2.37. The second-order valence-corrected chi connectivity index (χ2v) is 8.15. The Kier molecular flexibility index (Phi) is 4.57. The maximum atomic E-state index is 13.2. The van der Waals surface area contributed by atoms with E-state index < -0.39 is 10.3 Å². The lowest BCUT2D eigenvalue weighted by Gasteiger charge is -2.27. The molecule has 1 saturated carbocycles. The second kappa shape index (κ2) is 6.90. The van der Waals surface area contributed by atoms with Crippen LogP contribution in [0.15, 0.2) is 42.5 Å². The SMILES string of the molecule is O=C(Nc1nc2ccc([N+](=O)[O-])cc2s1)C1(c2ccc(Cl)cc2)CCCC1. The van der Waals surface area contributed by atoms with E-state index in [0.29, 0.717) is 20.4 Å². The number of fused-ring (bicyclic) bond motifs is 1. The van der Waals surface area contributed by atoms with Gasteiger partial charge < -0.3 is 5.32 Å². The number of non-ortho nitro benzene ring substituents is 1. The molecule has 4 rings (SSSR count). The van der Waals surface area contributed by atoms with Crippen LogP contribution >= 0.6 is 22.9 Å². The summed E-state index contributed by atoms with van der Waals surface area (Å²) in [6.07, 6.45) is 3.53. The predicted molar refractivity (Wildman–Crippen MR) is 107 cm³/mol. The normalized spacial score (nSPS) is 15.7. The van der Waals surface area contributed by atoms with Gasteiger partial charge in [-0.1, -0.05) is 47.9 Å². The third kappa shape index (κ3) is 3.28. The fraction of sp³-hybridized carbons (Fsp3) is 0.263. The molecule has 6 nitrogen and oxygen atoms in total. The zero-order valence-corrected chi connectivity index (χ0v) is 15.8. The number of carbonyl (C=O) groups excluding carboxylic acids is 1. The lowest BCUT2D eigenvalue weighted by atomic mass is 9.78. The molecule has 3 aromatic rings. The molecule has 0 spiro atoms. The summed E-state index contributed by atoms with van der Waals surface area (Å²) in [6.45, 7) is 0. The first kappa shape index (κ1) is 17.9. The molecule has 0 aliphatic heterocycles. The Labute approximate surface area is 164 Å². The van der Waals surface area contributed by atoms with Crippen LogP contribution in [0.25, 0.3) is 10.2 Å². The summed E-state index contributed by atoms with van der Waals surface area (Å²) in [6, 6.07) is 11.9. The van der Waals surface area contributed by atoms with Gasteiger partial charge in [0.25, 0.3) is 5.69 Å². The molecule has 1 fully saturated rings. The molecule has 1 aliphatic rings. The van der Waals surface area contributed by atoms with Gasteiger partial charge in [0.15, 0.2) is 5.13 Å². The van der Waals surface area contributed by atoms with Crippen molar-refractivity contribution in [2.24, 2.45) is 0 Å². The summed E-state index contributed by atoms with van der Waals surface area (Å²) in [5, 5.41) is 15.0. The topological polar surface area (TPSA) is 85.1 Å². The van der Waals surface area contributed by atoms with Crippen molar-refractivity contribution in [3.8, 4) is 0 Å². The molecule has 1 aromatic heterocycles. The van der Waals surface area contributed by atoms with Gasteiger partial charge in [0.1, 0.15) is 0 Å². The number of benzene rings is 2. The standard InChI is InChI=1S/C19H16ClN3O3S/c20-13-5-3-12(4-6-13)19(9-1-2-10-19)17(24)22-18-21-15-8-7-14(23(25)26)11-16(15)27-18/h3-8,11H,1-2,9-10H2,(H,21,22,24). The van der Waals surface area contributed by atoms with Gasteiger partial charge in [-0.25, -0.2) is 4.98 Å². The molecular weight excluding hydrogens is 386 g/mol. The number of hydrogen-bond donors (Lipinski definition) is 1. The van der Waals surface area contributed by atoms with Crippen LogP contribution in [-0.4, -0.2) is 15.8 Å². The molecule has 0 bridgehead atoms. The number of nitrogens with zero attached hydrogens (tertiary/aromatic N) is 2. The average Bonchev–Trinajstić information content (AvgIpc) is 3.28. The molecule has 1 aliphatic carbocycles. The zero-order chi connectivity index (χ0) is 19.0. The van der Waals surface area contributed by atoms with E-state index >= 15 is 0 Å². The number of rotatable bonds is 4. The third-order valence-electron chi connectivity index (χ3n) is 5.09. The highest BCUT2D eigenvalue weighted by atomic mass is 35.5. The van der Waals surface area contributed by atoms with Crippen LogP contribution < -0.4 is 5.32 Å². The predicted octanol–water partition coefficient (Wildman–Crippen LogP) is 5.31. The van der Waals surface area contributed by atoms with E-state index in [1.165, 1.54) is 23.5 Å². The van der Waals surface area contributed by atoms with Crippen molar-refractivity contribution in [2.75, 3.05) is 5.32 Å². The highest BCUT2D eigenvalue weighted by Gasteiger charge is 2.43. The van der Waals surface area contributed by atoms with Gasteiger partial charge in [-0.05, 0) is 36.6 Å². The first-order valence-electron chi connectivity index (χ1n) is 8.60. The highest BCUT2D eigenvalue weighted by molar-refractivity contribution is 7.22. The van der Waals surface area contributed by atoms with Crippen LogP contribution in [0.5, 0.6) is 0 Å². The van der Waals surface area contributed by atoms with Crippen LogP contribution in [-0.2, 0) is 10.2 Å². The average molecular weight is 402 g/mol. The Hall–Kier alpha value is -2.51. The molecule has 2 aromatic carbocycles. The summed E-state index contributed by atoms with van der Waals surface area (Å²) < 4.78 is 0.673. The van der Waals surface area contributed by atoms with E-state index in [-0.39, 0.29) is 11.6 Å². The quantitative estimate of drug-likeness (QED) is 0.474. The largest absolute Gasteiger partial charge is 0.301 e. The van der Waals surface area contributed by atoms with Gasteiger partial charge in [0.05, 0.1) is 20.6 Å². The molecular formula is C19H16ClN3O3S. The number of aromatic nitrogens is 1. The van der Waals surface area contributed by atoms with Crippen molar-refractivity contribution in [1.29, 1.82) is 0 Å². The molecule has 8 heteroatoms. The number of anilines is 1. The number of thiazole rings is 1. The Morgan fingerprint density at radius 1 is 1.19 bits per heavy atom. The monoisotopic (exact) mass is 401 g/mol. The molecule has 0 saturated heterocycles. The number of nitro benzene ring substituents is 1. The smallest absolute Gasteiger partial charge is 0.270 e. The lowest BCUT2D eigenvalue weighted by molar-refractivity contribution is -0.384. The van der Waals surface area contributed by atoms with Gasteiger partial charge in [0, 0.05) is 17.2 Å². The number of carbonyl (C=O) groups is 1. The molecule has 1 N–H and O–H groups in total. The third-order valence-corrected chi connectivity index (χ3v) is 6.28. The molecule has 1 heterocycles. The minimum Gasteiger partial charge on any atom is -0.301 e. The summed E-state index contributed by atoms with van der Waals surface area (Å²) in [7, 11) is 0. The summed E-state index contributed by atoms with van der Waals surface area (Å²) in [4.78, 5) is 28.1. The first-order valence-corrected chi connectivity index (χ1v) is 9.80. The van der Waals surface area contributed by atoms with Crippen molar-refractivity contribution in [3.05, 3.63) is 63.2 Å². The van der Waals surface area contributed by atoms with E-state index in [1.807, 2.05) is 12.1 Å². The van der Waals surface area contributed by atoms with Crippen molar-refractivity contribution in [1.82, 2.24) is 4.98 Å². The molecule has 0 unspecified atom stereocenters. The number of nitro groups is 1. The maximum absolute atomic E-state index is 13.2. The Morgan fingerprint density at radius 2 is 1.89 bits per heavy atom. The highest BCUT2D eigenvalue weighted by Crippen LogP contribution is 2.43. The van der Waals surface area contributed by atoms with Crippen molar-refractivity contribution < 1.29 is 9.72 Å². The first-order chi connectivity index (χ1) is 13.0. The minimum absolute atomic E-state index is 0.0115. The van der Waals surface area contributed by atoms with Gasteiger partial charge >= 0.3 is 0 Å². The van der Waals surface area contributed by atoms with Crippen LogP contribution in [0.3, 0.4) is 0 Å². The van der Waals surface area contributed by atoms with E-state index in [1.54, 1.807) is 18.2 Å². The maximum Gasteiger partial charge on any atom is 0.270 e. The van der Waals surface area contributed by atoms with Crippen LogP contribution in [0.1, 0.15) is 31.2 Å². The minimum atomic E-state index is -0.589. The van der Waals surface area contributed by atoms with Gasteiger partial charge in [0.2, 0.25) is 5.91 Å². The molecule has 138 valence electrons. The Morgan fingerprint density at radius 3 is 2.56 bits per heavy atom. The van der Waals surface area contributed by atoms with Gasteiger partial charge in [-0.15, -0.1) is 0 Å². The van der Waals surface area contributed by atoms with E-state index in [2.05, 4.69) is 10.3 Å². The van der Waals surface area contributed by atoms with Crippen LogP contribution in [0, 0.1) is 10.1 Å². The van der Waals surface area contributed by atoms with Gasteiger partial charge in [-0.2, -0.15) is 0 Å². The van der Waals surface area contributed by atoms with E-state index in [4.69, 9.17) is 11.6 Å². The van der Waals surface area contributed by atoms with Crippen molar-refractivity contribution in [3.63, 3.8) is 0 Å². The Balaban J connectivity index is 1.64. The Bertz CT molecular complexity index is 1030.